The average Bonchev–Trinajstić information content (AvgIpc) is 2.57. The standard InChI is InChI=1S/C14H19N/c1-14(2,3)9-11-15-10-8-12-6-4-5-7-13(12)15/h4-8,10H,9,11H2,1-3H3. The Morgan fingerprint density at radius 1 is 1.07 bits per heavy atom. The maximum Gasteiger partial charge on any atom is 0.0480 e. The van der Waals surface area contributed by atoms with Crippen LogP contribution in [0.3, 0.4) is 0 Å². The van der Waals surface area contributed by atoms with Crippen LogP contribution in [0.25, 0.3) is 10.9 Å². The van der Waals surface area contributed by atoms with E-state index in [9.17, 15) is 0 Å². The molecule has 0 bridgehead atoms. The van der Waals surface area contributed by atoms with E-state index < -0.39 is 0 Å². The fraction of sp³-hybridized carbons (Fsp3) is 0.429. The molecule has 0 aliphatic rings. The van der Waals surface area contributed by atoms with Gasteiger partial charge < -0.3 is 4.57 Å². The molecular weight excluding hydrogens is 182 g/mol. The summed E-state index contributed by atoms with van der Waals surface area (Å²) in [5.74, 6) is 0. The molecule has 1 heteroatoms. The zero-order chi connectivity index (χ0) is 10.9. The van der Waals surface area contributed by atoms with Gasteiger partial charge in [0.1, 0.15) is 0 Å². The predicted octanol–water partition coefficient (Wildman–Crippen LogP) is 4.08. The zero-order valence-electron chi connectivity index (χ0n) is 9.83. The van der Waals surface area contributed by atoms with Gasteiger partial charge in [-0.2, -0.15) is 0 Å². The normalized spacial score (nSPS) is 12.2. The summed E-state index contributed by atoms with van der Waals surface area (Å²) >= 11 is 0. The second-order valence-corrected chi connectivity index (χ2v) is 5.38. The molecule has 0 N–H and O–H groups in total. The first-order chi connectivity index (χ1) is 7.06. The van der Waals surface area contributed by atoms with E-state index in [1.807, 2.05) is 0 Å². The molecule has 1 nitrogen and oxygen atoms in total. The van der Waals surface area contributed by atoms with Crippen LogP contribution < -0.4 is 0 Å². The maximum absolute atomic E-state index is 2.35. The SMILES string of the molecule is CC(C)(C)CCn1ccc2ccccc21. The first-order valence-electron chi connectivity index (χ1n) is 5.60. The Kier molecular flexibility index (Phi) is 2.56. The molecule has 0 amide bonds. The van der Waals surface area contributed by atoms with E-state index in [0.29, 0.717) is 5.41 Å². The summed E-state index contributed by atoms with van der Waals surface area (Å²) in [7, 11) is 0. The number of para-hydroxylation sites is 1. The van der Waals surface area contributed by atoms with Gasteiger partial charge >= 0.3 is 0 Å². The highest BCUT2D eigenvalue weighted by atomic mass is 14.9. The third-order valence-corrected chi connectivity index (χ3v) is 2.78. The summed E-state index contributed by atoms with van der Waals surface area (Å²) in [4.78, 5) is 0. The van der Waals surface area contributed by atoms with Crippen molar-refractivity contribution < 1.29 is 0 Å². The van der Waals surface area contributed by atoms with Crippen molar-refractivity contribution in [1.82, 2.24) is 4.57 Å². The lowest BCUT2D eigenvalue weighted by Crippen LogP contribution is -2.09. The summed E-state index contributed by atoms with van der Waals surface area (Å²) in [6, 6.07) is 10.8. The molecular formula is C14H19N. The minimum Gasteiger partial charge on any atom is -0.347 e. The van der Waals surface area contributed by atoms with Crippen molar-refractivity contribution >= 4 is 10.9 Å². The minimum atomic E-state index is 0.408. The third kappa shape index (κ3) is 2.41. The largest absolute Gasteiger partial charge is 0.347 e. The maximum atomic E-state index is 2.35. The second-order valence-electron chi connectivity index (χ2n) is 5.38. The van der Waals surface area contributed by atoms with Crippen LogP contribution in [0.4, 0.5) is 0 Å². The smallest absolute Gasteiger partial charge is 0.0480 e. The lowest BCUT2D eigenvalue weighted by Gasteiger charge is -2.18. The van der Waals surface area contributed by atoms with Crippen LogP contribution in [-0.2, 0) is 6.54 Å². The van der Waals surface area contributed by atoms with Gasteiger partial charge in [0.2, 0.25) is 0 Å². The fourth-order valence-corrected chi connectivity index (χ4v) is 1.79. The average molecular weight is 201 g/mol. The number of hydrogen-bond donors (Lipinski definition) is 0. The molecule has 0 saturated carbocycles. The molecule has 1 heterocycles. The van der Waals surface area contributed by atoms with E-state index in [0.717, 1.165) is 6.54 Å². The predicted molar refractivity (Wildman–Crippen MR) is 66.0 cm³/mol. The van der Waals surface area contributed by atoms with E-state index in [1.165, 1.54) is 17.3 Å². The monoisotopic (exact) mass is 201 g/mol. The Morgan fingerprint density at radius 2 is 1.80 bits per heavy atom. The molecule has 2 aromatic rings. The lowest BCUT2D eigenvalue weighted by atomic mass is 9.92. The minimum absolute atomic E-state index is 0.408. The van der Waals surface area contributed by atoms with Gasteiger partial charge in [-0.25, -0.2) is 0 Å². The summed E-state index contributed by atoms with van der Waals surface area (Å²) in [6.45, 7) is 7.98. The fourth-order valence-electron chi connectivity index (χ4n) is 1.79. The highest BCUT2D eigenvalue weighted by molar-refractivity contribution is 5.79. The molecule has 2 rings (SSSR count). The second kappa shape index (κ2) is 3.73. The highest BCUT2D eigenvalue weighted by Crippen LogP contribution is 2.22. The number of hydrogen-bond acceptors (Lipinski definition) is 0. The Labute approximate surface area is 91.7 Å². The van der Waals surface area contributed by atoms with Crippen molar-refractivity contribution in [2.75, 3.05) is 0 Å². The van der Waals surface area contributed by atoms with E-state index in [2.05, 4.69) is 61.9 Å². The first kappa shape index (κ1) is 10.3. The van der Waals surface area contributed by atoms with Crippen LogP contribution in [0.1, 0.15) is 27.2 Å². The van der Waals surface area contributed by atoms with E-state index in [1.54, 1.807) is 0 Å². The van der Waals surface area contributed by atoms with Crippen LogP contribution in [0.2, 0.25) is 0 Å². The molecule has 0 aliphatic heterocycles. The van der Waals surface area contributed by atoms with E-state index in [4.69, 9.17) is 0 Å². The van der Waals surface area contributed by atoms with Crippen LogP contribution in [-0.4, -0.2) is 4.57 Å². The Balaban J connectivity index is 2.22. The molecule has 0 saturated heterocycles. The van der Waals surface area contributed by atoms with Crippen LogP contribution >= 0.6 is 0 Å². The summed E-state index contributed by atoms with van der Waals surface area (Å²) in [5.41, 5.74) is 1.76. The van der Waals surface area contributed by atoms with Gasteiger partial charge in [0.25, 0.3) is 0 Å². The van der Waals surface area contributed by atoms with Crippen molar-refractivity contribution in [3.8, 4) is 0 Å². The van der Waals surface area contributed by atoms with Gasteiger partial charge in [-0.15, -0.1) is 0 Å². The van der Waals surface area contributed by atoms with Crippen molar-refractivity contribution in [2.45, 2.75) is 33.7 Å². The number of aromatic nitrogens is 1. The summed E-state index contributed by atoms with van der Waals surface area (Å²) in [6.07, 6.45) is 3.40. The number of aryl methyl sites for hydroxylation is 1. The summed E-state index contributed by atoms with van der Waals surface area (Å²) < 4.78 is 2.35. The molecule has 0 spiro atoms. The molecule has 0 radical (unpaired) electrons. The van der Waals surface area contributed by atoms with Crippen molar-refractivity contribution in [3.05, 3.63) is 36.5 Å². The molecule has 0 fully saturated rings. The van der Waals surface area contributed by atoms with Gasteiger partial charge in [0.05, 0.1) is 0 Å². The van der Waals surface area contributed by atoms with Crippen LogP contribution in [0.15, 0.2) is 36.5 Å². The van der Waals surface area contributed by atoms with Crippen molar-refractivity contribution in [1.29, 1.82) is 0 Å². The topological polar surface area (TPSA) is 4.93 Å². The molecule has 0 atom stereocenters. The van der Waals surface area contributed by atoms with Gasteiger partial charge in [0.15, 0.2) is 0 Å². The summed E-state index contributed by atoms with van der Waals surface area (Å²) in [5, 5.41) is 1.34. The van der Waals surface area contributed by atoms with Crippen LogP contribution in [0.5, 0.6) is 0 Å². The van der Waals surface area contributed by atoms with Crippen molar-refractivity contribution in [2.24, 2.45) is 5.41 Å². The van der Waals surface area contributed by atoms with Crippen LogP contribution in [0, 0.1) is 5.41 Å². The number of nitrogens with zero attached hydrogens (tertiary/aromatic N) is 1. The number of benzene rings is 1. The molecule has 0 unspecified atom stereocenters. The molecule has 0 aliphatic carbocycles. The molecule has 1 aromatic carbocycles. The third-order valence-electron chi connectivity index (χ3n) is 2.78. The lowest BCUT2D eigenvalue weighted by molar-refractivity contribution is 0.353. The van der Waals surface area contributed by atoms with Gasteiger partial charge in [-0.3, -0.25) is 0 Å². The Bertz CT molecular complexity index is 446. The molecule has 15 heavy (non-hydrogen) atoms. The zero-order valence-corrected chi connectivity index (χ0v) is 9.83. The van der Waals surface area contributed by atoms with E-state index in [-0.39, 0.29) is 0 Å². The van der Waals surface area contributed by atoms with Gasteiger partial charge in [-0.1, -0.05) is 39.0 Å². The first-order valence-corrected chi connectivity index (χ1v) is 5.60. The van der Waals surface area contributed by atoms with Crippen molar-refractivity contribution in [3.63, 3.8) is 0 Å². The molecule has 1 aromatic heterocycles. The number of rotatable bonds is 2. The van der Waals surface area contributed by atoms with Gasteiger partial charge in [-0.05, 0) is 29.4 Å². The highest BCUT2D eigenvalue weighted by Gasteiger charge is 2.10. The molecule has 80 valence electrons. The quantitative estimate of drug-likeness (QED) is 0.690. The van der Waals surface area contributed by atoms with Gasteiger partial charge in [0, 0.05) is 18.3 Å². The Morgan fingerprint density at radius 3 is 2.53 bits per heavy atom. The van der Waals surface area contributed by atoms with E-state index >= 15 is 0 Å². The number of fused-ring (bicyclic) bond motifs is 1. The Hall–Kier alpha value is -1.24.